The molecular formula is C29H37F3N4O5S. The van der Waals surface area contributed by atoms with Crippen molar-refractivity contribution in [1.29, 1.82) is 0 Å². The molecular weight excluding hydrogens is 573 g/mol. The third-order valence-corrected chi connectivity index (χ3v) is 8.92. The van der Waals surface area contributed by atoms with E-state index < -0.39 is 23.5 Å². The van der Waals surface area contributed by atoms with Crippen LogP contribution in [0.25, 0.3) is 10.9 Å². The van der Waals surface area contributed by atoms with Crippen LogP contribution in [-0.2, 0) is 16.0 Å². The summed E-state index contributed by atoms with van der Waals surface area (Å²) in [4.78, 5) is 0.274. The summed E-state index contributed by atoms with van der Waals surface area (Å²) in [5, 5.41) is 7.25. The molecule has 1 aromatic heterocycles. The van der Waals surface area contributed by atoms with Crippen molar-refractivity contribution < 1.29 is 36.5 Å². The Hall–Kier alpha value is -3.12. The van der Waals surface area contributed by atoms with Crippen LogP contribution >= 0.6 is 10.8 Å². The van der Waals surface area contributed by atoms with Gasteiger partial charge in [-0.2, -0.15) is 13.2 Å². The van der Waals surface area contributed by atoms with Gasteiger partial charge < -0.3 is 29.4 Å². The summed E-state index contributed by atoms with van der Waals surface area (Å²) < 4.78 is 80.6. The second-order valence-electron chi connectivity index (χ2n) is 9.88. The van der Waals surface area contributed by atoms with Crippen LogP contribution < -0.4 is 15.4 Å². The van der Waals surface area contributed by atoms with Crippen LogP contribution in [0.4, 0.5) is 24.5 Å². The van der Waals surface area contributed by atoms with E-state index in [0.29, 0.717) is 48.7 Å². The summed E-state index contributed by atoms with van der Waals surface area (Å²) in [5.41, 5.74) is 2.02. The summed E-state index contributed by atoms with van der Waals surface area (Å²) in [6, 6.07) is 11.9. The highest BCUT2D eigenvalue weighted by molar-refractivity contribution is 8.22. The van der Waals surface area contributed by atoms with Gasteiger partial charge in [-0.15, -0.1) is 10.8 Å². The lowest BCUT2D eigenvalue weighted by atomic mass is 10.1. The highest BCUT2D eigenvalue weighted by Gasteiger charge is 2.30. The minimum Gasteiger partial charge on any atom is -0.495 e. The Labute approximate surface area is 245 Å². The Kier molecular flexibility index (Phi) is 10.5. The van der Waals surface area contributed by atoms with E-state index in [1.54, 1.807) is 37.4 Å². The third kappa shape index (κ3) is 7.83. The highest BCUT2D eigenvalue weighted by Crippen LogP contribution is 2.52. The number of hydrogen-bond donors (Lipinski definition) is 4. The number of anilines is 2. The number of aromatic nitrogens is 1. The lowest BCUT2D eigenvalue weighted by Crippen LogP contribution is -2.27. The predicted molar refractivity (Wildman–Crippen MR) is 159 cm³/mol. The maximum atomic E-state index is 13.6. The van der Waals surface area contributed by atoms with Crippen LogP contribution in [0.5, 0.6) is 5.75 Å². The predicted octanol–water partition coefficient (Wildman–Crippen LogP) is 5.87. The SMILES string of the molecule is COCCN(C)S(O)(O)c1ccc(NCC#Cc2cc3c(NC4CCOCC4)cccc3n2CC(F)(F)F)c(OC)c1. The summed E-state index contributed by atoms with van der Waals surface area (Å²) in [6.07, 6.45) is -2.77. The number of ether oxygens (including phenoxy) is 3. The number of hydrogen-bond acceptors (Lipinski definition) is 8. The second-order valence-corrected chi connectivity index (χ2v) is 12.0. The fraction of sp³-hybridized carbons (Fsp3) is 0.448. The maximum absolute atomic E-state index is 13.6. The summed E-state index contributed by atoms with van der Waals surface area (Å²) in [7, 11) is 1.32. The molecule has 0 spiro atoms. The summed E-state index contributed by atoms with van der Waals surface area (Å²) in [6.45, 7) is 0.892. The van der Waals surface area contributed by atoms with E-state index in [4.69, 9.17) is 14.2 Å². The smallest absolute Gasteiger partial charge is 0.406 e. The molecule has 0 radical (unpaired) electrons. The average Bonchev–Trinajstić information content (AvgIpc) is 3.31. The molecule has 230 valence electrons. The fourth-order valence-corrected chi connectivity index (χ4v) is 5.92. The molecule has 1 aliphatic rings. The van der Waals surface area contributed by atoms with Gasteiger partial charge in [0.1, 0.15) is 12.3 Å². The molecule has 4 N–H and O–H groups in total. The molecule has 1 fully saturated rings. The van der Waals surface area contributed by atoms with Crippen molar-refractivity contribution in [3.05, 3.63) is 48.2 Å². The molecule has 2 heterocycles. The van der Waals surface area contributed by atoms with Crippen molar-refractivity contribution in [2.45, 2.75) is 36.5 Å². The zero-order valence-electron chi connectivity index (χ0n) is 23.8. The van der Waals surface area contributed by atoms with E-state index >= 15 is 0 Å². The second kappa shape index (κ2) is 13.9. The molecule has 0 saturated carbocycles. The molecule has 1 saturated heterocycles. The number of methoxy groups -OCH3 is 2. The van der Waals surface area contributed by atoms with Crippen LogP contribution in [0, 0.1) is 11.8 Å². The molecule has 2 aromatic carbocycles. The summed E-state index contributed by atoms with van der Waals surface area (Å²) >= 11 is 0. The monoisotopic (exact) mass is 610 g/mol. The standard InChI is InChI=1S/C29H37F3N4O5S/c1-35(14-17-39-2)42(37,38)23-9-10-26(28(19-23)40-3)33-13-5-6-22-18-24-25(34-21-11-15-41-16-12-21)7-4-8-27(24)36(22)20-29(30,31)32/h4,7-10,18-19,21,33-34,37-38H,11-17,20H2,1-3H3. The Morgan fingerprint density at radius 3 is 2.57 bits per heavy atom. The van der Waals surface area contributed by atoms with Crippen LogP contribution in [0.15, 0.2) is 47.4 Å². The lowest BCUT2D eigenvalue weighted by molar-refractivity contribution is -0.140. The average molecular weight is 611 g/mol. The number of fused-ring (bicyclic) bond motifs is 1. The van der Waals surface area contributed by atoms with E-state index in [0.717, 1.165) is 18.5 Å². The Balaban J connectivity index is 1.54. The molecule has 0 aliphatic carbocycles. The topological polar surface area (TPSA) is 100 Å². The van der Waals surface area contributed by atoms with E-state index in [9.17, 15) is 22.3 Å². The minimum absolute atomic E-state index is 0.112. The van der Waals surface area contributed by atoms with Crippen molar-refractivity contribution in [2.24, 2.45) is 0 Å². The molecule has 0 amide bonds. The van der Waals surface area contributed by atoms with Gasteiger partial charge in [0, 0.05) is 57.1 Å². The van der Waals surface area contributed by atoms with E-state index in [-0.39, 0.29) is 23.2 Å². The molecule has 42 heavy (non-hydrogen) atoms. The van der Waals surface area contributed by atoms with Gasteiger partial charge in [0.15, 0.2) is 0 Å². The first-order valence-corrected chi connectivity index (χ1v) is 15.0. The van der Waals surface area contributed by atoms with Crippen molar-refractivity contribution in [2.75, 3.05) is 64.8 Å². The molecule has 0 unspecified atom stereocenters. The number of alkyl halides is 3. The van der Waals surface area contributed by atoms with Crippen molar-refractivity contribution in [1.82, 2.24) is 8.87 Å². The van der Waals surface area contributed by atoms with Gasteiger partial charge in [-0.3, -0.25) is 9.11 Å². The molecule has 9 nitrogen and oxygen atoms in total. The van der Waals surface area contributed by atoms with Gasteiger partial charge in [-0.1, -0.05) is 12.0 Å². The lowest BCUT2D eigenvalue weighted by Gasteiger charge is -2.40. The maximum Gasteiger partial charge on any atom is 0.406 e. The zero-order valence-corrected chi connectivity index (χ0v) is 24.6. The van der Waals surface area contributed by atoms with E-state index in [1.165, 1.54) is 29.2 Å². The van der Waals surface area contributed by atoms with Gasteiger partial charge >= 0.3 is 6.18 Å². The minimum atomic E-state index is -4.42. The zero-order chi connectivity index (χ0) is 30.3. The largest absolute Gasteiger partial charge is 0.495 e. The molecule has 4 rings (SSSR count). The van der Waals surface area contributed by atoms with Crippen LogP contribution in [-0.4, -0.2) is 84.4 Å². The number of halogens is 3. The van der Waals surface area contributed by atoms with Gasteiger partial charge in [-0.25, -0.2) is 4.31 Å². The Bertz CT molecular complexity index is 1410. The molecule has 1 aliphatic heterocycles. The highest BCUT2D eigenvalue weighted by atomic mass is 32.3. The van der Waals surface area contributed by atoms with Crippen LogP contribution in [0.1, 0.15) is 18.5 Å². The Morgan fingerprint density at radius 1 is 1.12 bits per heavy atom. The number of nitrogens with zero attached hydrogens (tertiary/aromatic N) is 2. The van der Waals surface area contributed by atoms with E-state index in [2.05, 4.69) is 22.5 Å². The normalized spacial score (nSPS) is 15.0. The quantitative estimate of drug-likeness (QED) is 0.200. The molecule has 0 atom stereocenters. The van der Waals surface area contributed by atoms with E-state index in [1.807, 2.05) is 6.07 Å². The molecule has 3 aromatic rings. The fourth-order valence-electron chi connectivity index (χ4n) is 4.71. The van der Waals surface area contributed by atoms with Crippen LogP contribution in [0.2, 0.25) is 0 Å². The van der Waals surface area contributed by atoms with Gasteiger partial charge in [-0.05, 0) is 49.1 Å². The van der Waals surface area contributed by atoms with Crippen molar-refractivity contribution in [3.8, 4) is 17.6 Å². The molecule has 13 heteroatoms. The van der Waals surface area contributed by atoms with Crippen molar-refractivity contribution in [3.63, 3.8) is 0 Å². The number of benzene rings is 2. The van der Waals surface area contributed by atoms with Gasteiger partial charge in [0.2, 0.25) is 0 Å². The first-order valence-electron chi connectivity index (χ1n) is 13.5. The summed E-state index contributed by atoms with van der Waals surface area (Å²) in [5.74, 6) is 6.18. The first kappa shape index (κ1) is 31.8. The van der Waals surface area contributed by atoms with Crippen LogP contribution in [0.3, 0.4) is 0 Å². The molecule has 0 bridgehead atoms. The third-order valence-electron chi connectivity index (χ3n) is 6.98. The number of nitrogens with one attached hydrogen (secondary N) is 2. The van der Waals surface area contributed by atoms with Gasteiger partial charge in [0.05, 0.1) is 42.1 Å². The first-order chi connectivity index (χ1) is 20.0. The Morgan fingerprint density at radius 2 is 1.88 bits per heavy atom. The number of rotatable bonds is 11. The number of likely N-dealkylation sites (N-methyl/N-ethyl adjacent to an activating group) is 1. The van der Waals surface area contributed by atoms with Gasteiger partial charge in [0.25, 0.3) is 0 Å². The van der Waals surface area contributed by atoms with Crippen molar-refractivity contribution >= 4 is 33.1 Å².